The predicted octanol–water partition coefficient (Wildman–Crippen LogP) is 3.66. The van der Waals surface area contributed by atoms with E-state index >= 15 is 0 Å². The number of carbonyl (C=O) groups is 2. The van der Waals surface area contributed by atoms with Crippen LogP contribution in [0.3, 0.4) is 0 Å². The molecular weight excluding hydrogens is 390 g/mol. The first-order valence-electron chi connectivity index (χ1n) is 11.2. The number of rotatable bonds is 7. The van der Waals surface area contributed by atoms with Crippen LogP contribution in [0.25, 0.3) is 0 Å². The van der Waals surface area contributed by atoms with E-state index in [9.17, 15) is 14.4 Å². The van der Waals surface area contributed by atoms with Crippen molar-refractivity contribution in [1.82, 2.24) is 14.8 Å². The molecular formula is C25H33N3O3. The van der Waals surface area contributed by atoms with Crippen LogP contribution >= 0.6 is 0 Å². The first kappa shape index (κ1) is 22.8. The number of benzene rings is 1. The SMILES string of the molecule is C[C@H](CNC(=O)c1cn(CC2CCCCC2)cc(C(=O)N(C)C)c1=O)c1ccccc1. The summed E-state index contributed by atoms with van der Waals surface area (Å²) in [7, 11) is 3.23. The van der Waals surface area contributed by atoms with Gasteiger partial charge in [0.15, 0.2) is 0 Å². The fraction of sp³-hybridized carbons (Fsp3) is 0.480. The van der Waals surface area contributed by atoms with Gasteiger partial charge in [0, 0.05) is 39.6 Å². The minimum atomic E-state index is -0.511. The van der Waals surface area contributed by atoms with Crippen LogP contribution in [0.5, 0.6) is 0 Å². The number of amides is 2. The standard InChI is InChI=1S/C25H33N3O3/c1-18(20-12-8-5-9-13-20)14-26-24(30)21-16-28(15-19-10-6-4-7-11-19)17-22(23(21)29)25(31)27(2)3/h5,8-9,12-13,16-19H,4,6-7,10-11,14-15H2,1-3H3,(H,26,30)/t18-/m1/s1. The van der Waals surface area contributed by atoms with Gasteiger partial charge in [-0.3, -0.25) is 14.4 Å². The van der Waals surface area contributed by atoms with Gasteiger partial charge in [-0.15, -0.1) is 0 Å². The summed E-state index contributed by atoms with van der Waals surface area (Å²) >= 11 is 0. The fourth-order valence-corrected chi connectivity index (χ4v) is 4.20. The van der Waals surface area contributed by atoms with Crippen LogP contribution in [0.2, 0.25) is 0 Å². The normalized spacial score (nSPS) is 15.3. The van der Waals surface area contributed by atoms with Gasteiger partial charge in [-0.1, -0.05) is 56.5 Å². The van der Waals surface area contributed by atoms with Crippen LogP contribution in [0.4, 0.5) is 0 Å². The van der Waals surface area contributed by atoms with Crippen molar-refractivity contribution in [2.45, 2.75) is 51.5 Å². The third-order valence-electron chi connectivity index (χ3n) is 6.09. The van der Waals surface area contributed by atoms with Crippen LogP contribution in [0.1, 0.15) is 71.2 Å². The minimum Gasteiger partial charge on any atom is -0.352 e. The molecule has 0 radical (unpaired) electrons. The molecule has 6 nitrogen and oxygen atoms in total. The zero-order valence-corrected chi connectivity index (χ0v) is 18.8. The van der Waals surface area contributed by atoms with Crippen molar-refractivity contribution in [3.63, 3.8) is 0 Å². The average Bonchev–Trinajstić information content (AvgIpc) is 2.79. The second-order valence-electron chi connectivity index (χ2n) is 8.84. The molecule has 0 unspecified atom stereocenters. The smallest absolute Gasteiger partial charge is 0.258 e. The van der Waals surface area contributed by atoms with Gasteiger partial charge >= 0.3 is 0 Å². The molecule has 1 aromatic carbocycles. The molecule has 1 aromatic heterocycles. The number of aromatic nitrogens is 1. The fourth-order valence-electron chi connectivity index (χ4n) is 4.20. The highest BCUT2D eigenvalue weighted by molar-refractivity contribution is 5.99. The van der Waals surface area contributed by atoms with Gasteiger partial charge in [0.2, 0.25) is 5.43 Å². The zero-order chi connectivity index (χ0) is 22.4. The molecule has 1 fully saturated rings. The summed E-state index contributed by atoms with van der Waals surface area (Å²) in [4.78, 5) is 39.9. The molecule has 2 amide bonds. The molecule has 0 bridgehead atoms. The average molecular weight is 424 g/mol. The summed E-state index contributed by atoms with van der Waals surface area (Å²) in [5.41, 5.74) is 0.686. The Morgan fingerprint density at radius 1 is 1.06 bits per heavy atom. The molecule has 166 valence electrons. The quantitative estimate of drug-likeness (QED) is 0.739. The molecule has 0 saturated heterocycles. The highest BCUT2D eigenvalue weighted by Gasteiger charge is 2.22. The Morgan fingerprint density at radius 3 is 2.35 bits per heavy atom. The summed E-state index contributed by atoms with van der Waals surface area (Å²) < 4.78 is 1.86. The molecule has 0 aliphatic heterocycles. The third kappa shape index (κ3) is 5.84. The molecule has 6 heteroatoms. The van der Waals surface area contributed by atoms with E-state index in [4.69, 9.17) is 0 Å². The largest absolute Gasteiger partial charge is 0.352 e. The molecule has 1 heterocycles. The molecule has 3 rings (SSSR count). The summed E-state index contributed by atoms with van der Waals surface area (Å²) in [5.74, 6) is -0.193. The minimum absolute atomic E-state index is 0.0313. The van der Waals surface area contributed by atoms with E-state index in [0.717, 1.165) is 18.4 Å². The first-order valence-corrected chi connectivity index (χ1v) is 11.2. The second kappa shape index (κ2) is 10.4. The molecule has 2 aromatic rings. The number of pyridine rings is 1. The Balaban J connectivity index is 1.83. The van der Waals surface area contributed by atoms with E-state index in [2.05, 4.69) is 5.32 Å². The Kier molecular flexibility index (Phi) is 7.66. The van der Waals surface area contributed by atoms with Crippen LogP contribution in [-0.4, -0.2) is 41.9 Å². The van der Waals surface area contributed by atoms with E-state index in [0.29, 0.717) is 19.0 Å². The zero-order valence-electron chi connectivity index (χ0n) is 18.8. The van der Waals surface area contributed by atoms with Gasteiger partial charge in [-0.2, -0.15) is 0 Å². The molecule has 31 heavy (non-hydrogen) atoms. The molecule has 1 aliphatic rings. The maximum absolute atomic E-state index is 13.0. The number of hydrogen-bond donors (Lipinski definition) is 1. The molecule has 1 aliphatic carbocycles. The topological polar surface area (TPSA) is 71.4 Å². The number of nitrogens with zero attached hydrogens (tertiary/aromatic N) is 2. The van der Waals surface area contributed by atoms with E-state index in [1.54, 1.807) is 26.5 Å². The Labute approximate surface area is 184 Å². The highest BCUT2D eigenvalue weighted by atomic mass is 16.2. The van der Waals surface area contributed by atoms with Gasteiger partial charge in [0.1, 0.15) is 11.1 Å². The lowest BCUT2D eigenvalue weighted by Gasteiger charge is -2.23. The third-order valence-corrected chi connectivity index (χ3v) is 6.09. The Hall–Kier alpha value is -2.89. The van der Waals surface area contributed by atoms with E-state index in [-0.39, 0.29) is 23.0 Å². The van der Waals surface area contributed by atoms with Gasteiger partial charge in [-0.05, 0) is 30.2 Å². The lowest BCUT2D eigenvalue weighted by Crippen LogP contribution is -2.36. The lowest BCUT2D eigenvalue weighted by atomic mass is 9.89. The van der Waals surface area contributed by atoms with Crippen molar-refractivity contribution < 1.29 is 9.59 Å². The number of carbonyl (C=O) groups excluding carboxylic acids is 2. The van der Waals surface area contributed by atoms with Gasteiger partial charge < -0.3 is 14.8 Å². The van der Waals surface area contributed by atoms with Gasteiger partial charge in [0.05, 0.1) is 0 Å². The Bertz CT molecular complexity index is 960. The molecule has 1 atom stereocenters. The van der Waals surface area contributed by atoms with Crippen molar-refractivity contribution in [3.8, 4) is 0 Å². The monoisotopic (exact) mass is 423 g/mol. The molecule has 0 spiro atoms. The highest BCUT2D eigenvalue weighted by Crippen LogP contribution is 2.25. The van der Waals surface area contributed by atoms with Crippen molar-refractivity contribution >= 4 is 11.8 Å². The van der Waals surface area contributed by atoms with Crippen molar-refractivity contribution in [1.29, 1.82) is 0 Å². The van der Waals surface area contributed by atoms with E-state index < -0.39 is 11.3 Å². The van der Waals surface area contributed by atoms with E-state index in [1.165, 1.54) is 24.2 Å². The lowest BCUT2D eigenvalue weighted by molar-refractivity contribution is 0.0825. The molecule has 1 N–H and O–H groups in total. The number of hydrogen-bond acceptors (Lipinski definition) is 3. The van der Waals surface area contributed by atoms with Crippen LogP contribution in [0.15, 0.2) is 47.5 Å². The molecule has 1 saturated carbocycles. The second-order valence-corrected chi connectivity index (χ2v) is 8.84. The van der Waals surface area contributed by atoms with Gasteiger partial charge in [0.25, 0.3) is 11.8 Å². The van der Waals surface area contributed by atoms with Crippen LogP contribution in [-0.2, 0) is 6.54 Å². The number of nitrogens with one attached hydrogen (secondary N) is 1. The predicted molar refractivity (Wildman–Crippen MR) is 122 cm³/mol. The summed E-state index contributed by atoms with van der Waals surface area (Å²) in [6.07, 6.45) is 9.18. The summed E-state index contributed by atoms with van der Waals surface area (Å²) in [6.45, 7) is 3.16. The van der Waals surface area contributed by atoms with Crippen molar-refractivity contribution in [2.75, 3.05) is 20.6 Å². The van der Waals surface area contributed by atoms with Crippen molar-refractivity contribution in [2.24, 2.45) is 5.92 Å². The van der Waals surface area contributed by atoms with E-state index in [1.807, 2.05) is 41.8 Å². The Morgan fingerprint density at radius 2 is 1.71 bits per heavy atom. The van der Waals surface area contributed by atoms with Crippen LogP contribution in [0, 0.1) is 5.92 Å². The van der Waals surface area contributed by atoms with Crippen molar-refractivity contribution in [3.05, 3.63) is 69.6 Å². The maximum Gasteiger partial charge on any atom is 0.258 e. The summed E-state index contributed by atoms with van der Waals surface area (Å²) in [5, 5.41) is 2.89. The van der Waals surface area contributed by atoms with Crippen LogP contribution < -0.4 is 10.7 Å². The maximum atomic E-state index is 13.0. The first-order chi connectivity index (χ1) is 14.9. The summed E-state index contributed by atoms with van der Waals surface area (Å²) in [6, 6.07) is 9.92. The van der Waals surface area contributed by atoms with Gasteiger partial charge in [-0.25, -0.2) is 0 Å².